The minimum atomic E-state index is -4.14. The number of hydrogen-bond donors (Lipinski definition) is 1. The molecule has 0 saturated heterocycles. The van der Waals surface area contributed by atoms with Crippen molar-refractivity contribution in [1.29, 1.82) is 0 Å². The fraction of sp³-hybridized carbons (Fsp3) is 0. The Bertz CT molecular complexity index is 381. The van der Waals surface area contributed by atoms with Crippen LogP contribution >= 0.6 is 0 Å². The summed E-state index contributed by atoms with van der Waals surface area (Å²) in [4.78, 5) is 9.94. The van der Waals surface area contributed by atoms with Crippen molar-refractivity contribution >= 4 is 46.0 Å². The first-order valence-corrected chi connectivity index (χ1v) is 4.51. The van der Waals surface area contributed by atoms with Gasteiger partial charge in [0.05, 0.1) is 4.90 Å². The second-order valence-corrected chi connectivity index (χ2v) is 3.58. The third kappa shape index (κ3) is 3.58. The zero-order valence-corrected chi connectivity index (χ0v) is 9.78. The number of hydrogen-bond acceptors (Lipinski definition) is 3. The zero-order chi connectivity index (χ0) is 9.19. The van der Waals surface area contributed by atoms with Gasteiger partial charge in [-0.25, -0.2) is 0 Å². The van der Waals surface area contributed by atoms with Gasteiger partial charge in [0.15, 0.2) is 0 Å². The van der Waals surface area contributed by atoms with Crippen LogP contribution in [0, 0.1) is 0 Å². The van der Waals surface area contributed by atoms with Gasteiger partial charge in [-0.2, -0.15) is 8.42 Å². The Labute approximate surface area is 98.0 Å². The molecule has 0 fully saturated rings. The summed E-state index contributed by atoms with van der Waals surface area (Å²) in [6.45, 7) is 0. The Morgan fingerprint density at radius 3 is 1.92 bits per heavy atom. The van der Waals surface area contributed by atoms with Crippen LogP contribution in [0.15, 0.2) is 29.2 Å². The van der Waals surface area contributed by atoms with Crippen LogP contribution in [0.5, 0.6) is 0 Å². The van der Waals surface area contributed by atoms with E-state index in [2.05, 4.69) is 0 Å². The molecule has 0 atom stereocenters. The largest absolute Gasteiger partial charge is 0.298 e. The molecule has 13 heavy (non-hydrogen) atoms. The molecule has 65 valence electrons. The Balaban J connectivity index is 0.00000144. The maximum absolute atomic E-state index is 10.5. The summed E-state index contributed by atoms with van der Waals surface area (Å²) in [5.41, 5.74) is 0.363. The van der Waals surface area contributed by atoms with Gasteiger partial charge in [-0.05, 0) is 12.1 Å². The van der Waals surface area contributed by atoms with Crippen molar-refractivity contribution in [1.82, 2.24) is 0 Å². The van der Waals surface area contributed by atoms with Crippen LogP contribution in [-0.4, -0.2) is 48.8 Å². The maximum Gasteiger partial charge on any atom is 0.294 e. The van der Waals surface area contributed by atoms with Crippen molar-refractivity contribution in [2.45, 2.75) is 4.90 Å². The second-order valence-electron chi connectivity index (χ2n) is 2.16. The summed E-state index contributed by atoms with van der Waals surface area (Å²) in [6, 6.07) is 4.96. The van der Waals surface area contributed by atoms with E-state index in [0.29, 0.717) is 11.8 Å². The van der Waals surface area contributed by atoms with Crippen molar-refractivity contribution in [3.8, 4) is 0 Å². The minimum absolute atomic E-state index is 0. The molecule has 0 aliphatic rings. The van der Waals surface area contributed by atoms with Crippen LogP contribution in [0.25, 0.3) is 0 Å². The second kappa shape index (κ2) is 4.88. The average molecular weight is 209 g/mol. The first-order valence-electron chi connectivity index (χ1n) is 3.07. The zero-order valence-electron chi connectivity index (χ0n) is 6.97. The van der Waals surface area contributed by atoms with Crippen LogP contribution < -0.4 is 0 Å². The van der Waals surface area contributed by atoms with Crippen LogP contribution in [0.1, 0.15) is 10.4 Å². The Hall–Kier alpha value is -0.200. The molecule has 0 amide bonds. The summed E-state index contributed by atoms with van der Waals surface area (Å²) >= 11 is 0. The van der Waals surface area contributed by atoms with Crippen molar-refractivity contribution in [2.75, 3.05) is 0 Å². The van der Waals surface area contributed by atoms with Gasteiger partial charge in [0.25, 0.3) is 10.1 Å². The number of carbonyl (C=O) groups excluding carboxylic acids is 1. The maximum atomic E-state index is 10.5. The van der Waals surface area contributed by atoms with Crippen molar-refractivity contribution < 1.29 is 17.8 Å². The fourth-order valence-corrected chi connectivity index (χ4v) is 1.20. The molecule has 1 aromatic rings. The molecular formula is C7H6NaO4S. The fourth-order valence-electron chi connectivity index (χ4n) is 0.718. The summed E-state index contributed by atoms with van der Waals surface area (Å²) in [6.07, 6.45) is 0.591. The molecule has 6 heteroatoms. The predicted octanol–water partition coefficient (Wildman–Crippen LogP) is 0.365. The number of rotatable bonds is 2. The quantitative estimate of drug-likeness (QED) is 0.434. The predicted molar refractivity (Wildman–Crippen MR) is 47.4 cm³/mol. The third-order valence-electron chi connectivity index (χ3n) is 1.31. The molecule has 0 aromatic heterocycles. The van der Waals surface area contributed by atoms with E-state index < -0.39 is 10.1 Å². The SMILES string of the molecule is O=Cc1ccc(S(=O)(=O)O)cc1.[Na]. The van der Waals surface area contributed by atoms with E-state index in [1.165, 1.54) is 24.3 Å². The minimum Gasteiger partial charge on any atom is -0.298 e. The van der Waals surface area contributed by atoms with Crippen LogP contribution in [0.2, 0.25) is 0 Å². The molecule has 0 unspecified atom stereocenters. The number of aldehydes is 1. The number of carbonyl (C=O) groups is 1. The molecule has 0 spiro atoms. The monoisotopic (exact) mass is 209 g/mol. The van der Waals surface area contributed by atoms with Gasteiger partial charge in [-0.1, -0.05) is 12.1 Å². The molecule has 0 aliphatic carbocycles. The summed E-state index contributed by atoms with van der Waals surface area (Å²) in [7, 11) is -4.14. The normalized spacial score (nSPS) is 10.2. The molecular weight excluding hydrogens is 203 g/mol. The Kier molecular flexibility index (Phi) is 4.80. The van der Waals surface area contributed by atoms with E-state index >= 15 is 0 Å². The smallest absolute Gasteiger partial charge is 0.294 e. The van der Waals surface area contributed by atoms with Crippen LogP contribution in [0.3, 0.4) is 0 Å². The molecule has 0 saturated carbocycles. The molecule has 1 N–H and O–H groups in total. The van der Waals surface area contributed by atoms with Crippen molar-refractivity contribution in [2.24, 2.45) is 0 Å². The van der Waals surface area contributed by atoms with Gasteiger partial charge in [-0.15, -0.1) is 0 Å². The van der Waals surface area contributed by atoms with Crippen molar-refractivity contribution in [3.63, 3.8) is 0 Å². The molecule has 1 rings (SSSR count). The van der Waals surface area contributed by atoms with E-state index in [4.69, 9.17) is 4.55 Å². The van der Waals surface area contributed by atoms with Gasteiger partial charge < -0.3 is 0 Å². The summed E-state index contributed by atoms with van der Waals surface area (Å²) in [5, 5.41) is 0. The van der Waals surface area contributed by atoms with Gasteiger partial charge in [0.1, 0.15) is 6.29 Å². The Morgan fingerprint density at radius 1 is 1.15 bits per heavy atom. The number of benzene rings is 1. The topological polar surface area (TPSA) is 71.4 Å². The molecule has 0 heterocycles. The first kappa shape index (κ1) is 12.8. The molecule has 1 radical (unpaired) electrons. The van der Waals surface area contributed by atoms with Gasteiger partial charge in [0.2, 0.25) is 0 Å². The van der Waals surface area contributed by atoms with Crippen molar-refractivity contribution in [3.05, 3.63) is 29.8 Å². The van der Waals surface area contributed by atoms with Crippen LogP contribution in [-0.2, 0) is 10.1 Å². The van der Waals surface area contributed by atoms with E-state index in [0.717, 1.165) is 0 Å². The first-order chi connectivity index (χ1) is 5.54. The van der Waals surface area contributed by atoms with Crippen LogP contribution in [0.4, 0.5) is 0 Å². The Morgan fingerprint density at radius 2 is 1.62 bits per heavy atom. The van der Waals surface area contributed by atoms with E-state index in [-0.39, 0.29) is 34.5 Å². The van der Waals surface area contributed by atoms with E-state index in [1.807, 2.05) is 0 Å². The third-order valence-corrected chi connectivity index (χ3v) is 2.18. The average Bonchev–Trinajstić information content (AvgIpc) is 2.03. The molecule has 0 bridgehead atoms. The molecule has 4 nitrogen and oxygen atoms in total. The summed E-state index contributed by atoms with van der Waals surface area (Å²) in [5.74, 6) is 0. The molecule has 1 aromatic carbocycles. The van der Waals surface area contributed by atoms with E-state index in [1.54, 1.807) is 0 Å². The summed E-state index contributed by atoms with van der Waals surface area (Å²) < 4.78 is 29.5. The molecule has 0 aliphatic heterocycles. The standard InChI is InChI=1S/C7H6O4S.Na/c8-5-6-1-3-7(4-2-6)12(9,10)11;/h1-5H,(H,9,10,11);. The van der Waals surface area contributed by atoms with Gasteiger partial charge in [-0.3, -0.25) is 9.35 Å². The van der Waals surface area contributed by atoms with E-state index in [9.17, 15) is 13.2 Å². The van der Waals surface area contributed by atoms with Gasteiger partial charge in [0, 0.05) is 35.1 Å². The van der Waals surface area contributed by atoms with Gasteiger partial charge >= 0.3 is 0 Å².